The molecule has 1 aromatic carbocycles. The summed E-state index contributed by atoms with van der Waals surface area (Å²) < 4.78 is 5.94. The van der Waals surface area contributed by atoms with Crippen molar-refractivity contribution in [3.05, 3.63) is 28.3 Å². The molecule has 0 bridgehead atoms. The molecular formula is C13H18ClNO. The highest BCUT2D eigenvalue weighted by molar-refractivity contribution is 6.32. The maximum absolute atomic E-state index is 6.21. The van der Waals surface area contributed by atoms with Gasteiger partial charge in [-0.1, -0.05) is 31.0 Å². The van der Waals surface area contributed by atoms with Crippen LogP contribution in [0.5, 0.6) is 5.75 Å². The summed E-state index contributed by atoms with van der Waals surface area (Å²) in [5.74, 6) is 0.866. The summed E-state index contributed by atoms with van der Waals surface area (Å²) >= 11 is 6.21. The van der Waals surface area contributed by atoms with Gasteiger partial charge in [0.25, 0.3) is 0 Å². The lowest BCUT2D eigenvalue weighted by atomic mass is 9.99. The van der Waals surface area contributed by atoms with Gasteiger partial charge >= 0.3 is 0 Å². The molecule has 1 aliphatic heterocycles. The Kier molecular flexibility index (Phi) is 3.41. The van der Waals surface area contributed by atoms with Crippen molar-refractivity contribution in [2.45, 2.75) is 38.8 Å². The molecule has 88 valence electrons. The lowest BCUT2D eigenvalue weighted by molar-refractivity contribution is 0.182. The fourth-order valence-corrected chi connectivity index (χ4v) is 2.71. The minimum atomic E-state index is 0.212. The highest BCUT2D eigenvalue weighted by atomic mass is 35.5. The van der Waals surface area contributed by atoms with E-state index in [0.717, 1.165) is 23.6 Å². The lowest BCUT2D eigenvalue weighted by Crippen LogP contribution is -2.28. The Bertz CT molecular complexity index is 392. The molecule has 1 aliphatic rings. The molecule has 0 saturated carbocycles. The fourth-order valence-electron chi connectivity index (χ4n) is 2.38. The second kappa shape index (κ2) is 4.64. The minimum absolute atomic E-state index is 0.212. The van der Waals surface area contributed by atoms with Crippen molar-refractivity contribution in [1.82, 2.24) is 5.32 Å². The first kappa shape index (κ1) is 11.7. The first-order valence-electron chi connectivity index (χ1n) is 5.81. The van der Waals surface area contributed by atoms with Gasteiger partial charge in [0.05, 0.1) is 11.1 Å². The van der Waals surface area contributed by atoms with Crippen molar-refractivity contribution in [1.29, 1.82) is 0 Å². The van der Waals surface area contributed by atoms with Crippen LogP contribution in [-0.4, -0.2) is 13.2 Å². The molecule has 1 heterocycles. The molecule has 0 aromatic heterocycles. The monoisotopic (exact) mass is 239 g/mol. The number of hydrogen-bond donors (Lipinski definition) is 1. The van der Waals surface area contributed by atoms with Crippen molar-refractivity contribution in [2.24, 2.45) is 0 Å². The van der Waals surface area contributed by atoms with Crippen LogP contribution < -0.4 is 10.1 Å². The van der Waals surface area contributed by atoms with Gasteiger partial charge in [-0.05, 0) is 32.0 Å². The molecule has 2 unspecified atom stereocenters. The van der Waals surface area contributed by atoms with Gasteiger partial charge in [-0.15, -0.1) is 0 Å². The molecule has 2 rings (SSSR count). The molecule has 16 heavy (non-hydrogen) atoms. The summed E-state index contributed by atoms with van der Waals surface area (Å²) in [7, 11) is 1.97. The van der Waals surface area contributed by atoms with E-state index >= 15 is 0 Å². The third kappa shape index (κ3) is 1.92. The maximum Gasteiger partial charge on any atom is 0.143 e. The molecule has 2 nitrogen and oxygen atoms in total. The molecule has 1 aromatic rings. The number of benzene rings is 1. The van der Waals surface area contributed by atoms with Gasteiger partial charge in [-0.25, -0.2) is 0 Å². The molecule has 0 radical (unpaired) electrons. The summed E-state index contributed by atoms with van der Waals surface area (Å²) in [5.41, 5.74) is 2.38. The summed E-state index contributed by atoms with van der Waals surface area (Å²) in [6.45, 7) is 4.23. The van der Waals surface area contributed by atoms with Crippen LogP contribution in [0.25, 0.3) is 0 Å². The Morgan fingerprint density at radius 1 is 1.44 bits per heavy atom. The van der Waals surface area contributed by atoms with Crippen molar-refractivity contribution in [3.63, 3.8) is 0 Å². The van der Waals surface area contributed by atoms with E-state index in [1.165, 1.54) is 11.1 Å². The lowest BCUT2D eigenvalue weighted by Gasteiger charge is -2.17. The van der Waals surface area contributed by atoms with E-state index in [2.05, 4.69) is 25.2 Å². The van der Waals surface area contributed by atoms with Gasteiger partial charge in [0.15, 0.2) is 0 Å². The third-order valence-electron chi connectivity index (χ3n) is 3.08. The van der Waals surface area contributed by atoms with Crippen molar-refractivity contribution >= 4 is 11.6 Å². The number of ether oxygens (including phenoxy) is 1. The number of nitrogens with one attached hydrogen (secondary N) is 1. The van der Waals surface area contributed by atoms with Crippen molar-refractivity contribution in [3.8, 4) is 5.75 Å². The zero-order valence-corrected chi connectivity index (χ0v) is 10.8. The molecule has 0 fully saturated rings. The van der Waals surface area contributed by atoms with Crippen LogP contribution >= 0.6 is 11.6 Å². The zero-order chi connectivity index (χ0) is 11.7. The van der Waals surface area contributed by atoms with Crippen LogP contribution in [0.2, 0.25) is 5.02 Å². The highest BCUT2D eigenvalue weighted by Crippen LogP contribution is 2.43. The van der Waals surface area contributed by atoms with Crippen LogP contribution in [0, 0.1) is 6.92 Å². The van der Waals surface area contributed by atoms with E-state index in [1.807, 2.05) is 13.1 Å². The van der Waals surface area contributed by atoms with Crippen LogP contribution in [0.3, 0.4) is 0 Å². The molecule has 3 heteroatoms. The van der Waals surface area contributed by atoms with Gasteiger partial charge in [0.2, 0.25) is 0 Å². The first-order chi connectivity index (χ1) is 7.67. The molecule has 2 atom stereocenters. The van der Waals surface area contributed by atoms with Gasteiger partial charge < -0.3 is 10.1 Å². The maximum atomic E-state index is 6.21. The quantitative estimate of drug-likeness (QED) is 0.872. The third-order valence-corrected chi connectivity index (χ3v) is 3.36. The molecule has 0 spiro atoms. The zero-order valence-electron chi connectivity index (χ0n) is 10.0. The summed E-state index contributed by atoms with van der Waals surface area (Å²) in [6, 6.07) is 4.40. The van der Waals surface area contributed by atoms with Gasteiger partial charge in [-0.2, -0.15) is 0 Å². The van der Waals surface area contributed by atoms with Crippen LogP contribution in [-0.2, 0) is 0 Å². The second-order valence-corrected chi connectivity index (χ2v) is 4.78. The largest absolute Gasteiger partial charge is 0.487 e. The van der Waals surface area contributed by atoms with E-state index in [9.17, 15) is 0 Å². The molecule has 1 N–H and O–H groups in total. The standard InChI is InChI=1S/C13H18ClNO/c1-4-5-11-12(15-3)9-6-8(2)7-10(14)13(9)16-11/h6-7,11-12,15H,4-5H2,1-3H3. The number of aryl methyl sites for hydroxylation is 1. The Hall–Kier alpha value is -0.730. The topological polar surface area (TPSA) is 21.3 Å². The highest BCUT2D eigenvalue weighted by Gasteiger charge is 2.34. The predicted molar refractivity (Wildman–Crippen MR) is 67.3 cm³/mol. The van der Waals surface area contributed by atoms with E-state index in [-0.39, 0.29) is 12.1 Å². The molecule has 0 saturated heterocycles. The average Bonchev–Trinajstić information content (AvgIpc) is 2.56. The van der Waals surface area contributed by atoms with Crippen LogP contribution in [0.4, 0.5) is 0 Å². The number of likely N-dealkylation sites (N-methyl/N-ethyl adjacent to an activating group) is 1. The second-order valence-electron chi connectivity index (χ2n) is 4.38. The fraction of sp³-hybridized carbons (Fsp3) is 0.538. The Labute approximate surface area is 102 Å². The molecule has 0 amide bonds. The average molecular weight is 240 g/mol. The minimum Gasteiger partial charge on any atom is -0.487 e. The molecule has 0 aliphatic carbocycles. The summed E-state index contributed by atoms with van der Waals surface area (Å²) in [6.07, 6.45) is 2.38. The number of fused-ring (bicyclic) bond motifs is 1. The van der Waals surface area contributed by atoms with Crippen molar-refractivity contribution in [2.75, 3.05) is 7.05 Å². The van der Waals surface area contributed by atoms with Gasteiger partial charge in [0.1, 0.15) is 11.9 Å². The van der Waals surface area contributed by atoms with Gasteiger partial charge in [-0.3, -0.25) is 0 Å². The van der Waals surface area contributed by atoms with Gasteiger partial charge in [0, 0.05) is 5.56 Å². The summed E-state index contributed by atoms with van der Waals surface area (Å²) in [5, 5.41) is 4.06. The smallest absolute Gasteiger partial charge is 0.143 e. The number of rotatable bonds is 3. The summed E-state index contributed by atoms with van der Waals surface area (Å²) in [4.78, 5) is 0. The van der Waals surface area contributed by atoms with Crippen LogP contribution in [0.15, 0.2) is 12.1 Å². The van der Waals surface area contributed by atoms with Crippen molar-refractivity contribution < 1.29 is 4.74 Å². The van der Waals surface area contributed by atoms with E-state index in [0.29, 0.717) is 0 Å². The Morgan fingerprint density at radius 3 is 2.81 bits per heavy atom. The van der Waals surface area contributed by atoms with E-state index in [1.54, 1.807) is 0 Å². The van der Waals surface area contributed by atoms with Crippen LogP contribution in [0.1, 0.15) is 36.9 Å². The Balaban J connectivity index is 2.38. The van der Waals surface area contributed by atoms with E-state index < -0.39 is 0 Å². The predicted octanol–water partition coefficient (Wildman–Crippen LogP) is 3.47. The first-order valence-corrected chi connectivity index (χ1v) is 6.19. The molecular weight excluding hydrogens is 222 g/mol. The van der Waals surface area contributed by atoms with E-state index in [4.69, 9.17) is 16.3 Å². The Morgan fingerprint density at radius 2 is 2.19 bits per heavy atom. The number of hydrogen-bond acceptors (Lipinski definition) is 2. The SMILES string of the molecule is CCCC1Oc2c(Cl)cc(C)cc2C1NC. The number of halogens is 1. The normalized spacial score (nSPS) is 23.0.